The van der Waals surface area contributed by atoms with Crippen molar-refractivity contribution in [2.24, 2.45) is 10.8 Å². The fraction of sp³-hybridized carbons (Fsp3) is 0.875. The van der Waals surface area contributed by atoms with Gasteiger partial charge < -0.3 is 10.0 Å². The van der Waals surface area contributed by atoms with Crippen LogP contribution in [0, 0.1) is 22.2 Å². The molecule has 0 aliphatic carbocycles. The molecule has 1 aliphatic heterocycles. The number of aliphatic carboxylic acids is 1. The van der Waals surface area contributed by atoms with Crippen molar-refractivity contribution < 1.29 is 9.90 Å². The number of nitrogens with zero attached hydrogens (tertiary/aromatic N) is 2. The van der Waals surface area contributed by atoms with Gasteiger partial charge in [-0.2, -0.15) is 5.26 Å². The predicted octanol–water partition coefficient (Wildman–Crippen LogP) is 3.28. The number of carbonyl (C=O) groups is 1. The molecule has 0 spiro atoms. The van der Waals surface area contributed by atoms with Gasteiger partial charge in [-0.15, -0.1) is 0 Å². The molecule has 0 aromatic rings. The smallest absolute Gasteiger partial charge is 0.309 e. The topological polar surface area (TPSA) is 64.3 Å². The lowest BCUT2D eigenvalue weighted by molar-refractivity contribution is -0.152. The third kappa shape index (κ3) is 4.49. The summed E-state index contributed by atoms with van der Waals surface area (Å²) < 4.78 is 0. The van der Waals surface area contributed by atoms with Crippen molar-refractivity contribution in [2.75, 3.05) is 19.6 Å². The van der Waals surface area contributed by atoms with E-state index in [9.17, 15) is 9.90 Å². The van der Waals surface area contributed by atoms with Gasteiger partial charge in [0.1, 0.15) is 0 Å². The summed E-state index contributed by atoms with van der Waals surface area (Å²) in [5, 5.41) is 18.3. The quantitative estimate of drug-likeness (QED) is 0.727. The molecule has 0 bridgehead atoms. The molecule has 0 saturated carbocycles. The third-order valence-corrected chi connectivity index (χ3v) is 4.77. The number of rotatable bonds is 7. The first-order valence-electron chi connectivity index (χ1n) is 7.72. The maximum atomic E-state index is 11.4. The van der Waals surface area contributed by atoms with Crippen molar-refractivity contribution in [2.45, 2.75) is 59.3 Å². The zero-order valence-electron chi connectivity index (χ0n) is 13.1. The van der Waals surface area contributed by atoms with Gasteiger partial charge in [0.15, 0.2) is 0 Å². The largest absolute Gasteiger partial charge is 0.481 e. The van der Waals surface area contributed by atoms with Gasteiger partial charge in [-0.3, -0.25) is 4.79 Å². The van der Waals surface area contributed by atoms with Gasteiger partial charge in [0, 0.05) is 0 Å². The van der Waals surface area contributed by atoms with Crippen LogP contribution in [0.2, 0.25) is 0 Å². The van der Waals surface area contributed by atoms with E-state index in [1.54, 1.807) is 0 Å². The van der Waals surface area contributed by atoms with Gasteiger partial charge in [-0.05, 0) is 65.6 Å². The molecule has 1 heterocycles. The molecule has 0 atom stereocenters. The van der Waals surface area contributed by atoms with Crippen LogP contribution in [0.15, 0.2) is 0 Å². The average molecular weight is 280 g/mol. The van der Waals surface area contributed by atoms with Gasteiger partial charge in [0.05, 0.1) is 16.9 Å². The van der Waals surface area contributed by atoms with E-state index in [4.69, 9.17) is 5.26 Å². The number of carboxylic acid groups (broad SMARTS) is 1. The first-order chi connectivity index (χ1) is 9.35. The summed E-state index contributed by atoms with van der Waals surface area (Å²) in [6.07, 6.45) is 5.36. The second-order valence-electron chi connectivity index (χ2n) is 6.73. The van der Waals surface area contributed by atoms with Crippen molar-refractivity contribution >= 4 is 5.97 Å². The standard InChI is InChI=1S/C16H28N2O2/c1-4-16(14(19)20)8-11-18(12-9-16)10-6-5-7-15(2,3)13-17/h4-12H2,1-3H3,(H,19,20). The van der Waals surface area contributed by atoms with E-state index in [-0.39, 0.29) is 5.41 Å². The van der Waals surface area contributed by atoms with E-state index in [0.29, 0.717) is 0 Å². The minimum absolute atomic E-state index is 0.220. The van der Waals surface area contributed by atoms with Crippen molar-refractivity contribution in [3.8, 4) is 6.07 Å². The number of likely N-dealkylation sites (tertiary alicyclic amines) is 1. The number of unbranched alkanes of at least 4 members (excludes halogenated alkanes) is 1. The highest BCUT2D eigenvalue weighted by Gasteiger charge is 2.39. The molecule has 0 aromatic heterocycles. The number of piperidine rings is 1. The molecule has 1 fully saturated rings. The zero-order valence-corrected chi connectivity index (χ0v) is 13.1. The number of hydrogen-bond donors (Lipinski definition) is 1. The summed E-state index contributed by atoms with van der Waals surface area (Å²) >= 11 is 0. The number of nitriles is 1. The van der Waals surface area contributed by atoms with E-state index in [1.807, 2.05) is 20.8 Å². The summed E-state index contributed by atoms with van der Waals surface area (Å²) in [6.45, 7) is 8.75. The SMILES string of the molecule is CCC1(C(=O)O)CCN(CCCCC(C)(C)C#N)CC1. The second kappa shape index (κ2) is 7.08. The molecule has 1 rings (SSSR count). The van der Waals surface area contributed by atoms with E-state index < -0.39 is 11.4 Å². The van der Waals surface area contributed by atoms with Crippen molar-refractivity contribution in [1.29, 1.82) is 5.26 Å². The van der Waals surface area contributed by atoms with Crippen molar-refractivity contribution in [1.82, 2.24) is 4.90 Å². The van der Waals surface area contributed by atoms with Crippen molar-refractivity contribution in [3.05, 3.63) is 0 Å². The number of hydrogen-bond acceptors (Lipinski definition) is 3. The molecular formula is C16H28N2O2. The molecule has 4 heteroatoms. The molecule has 1 N–H and O–H groups in total. The fourth-order valence-corrected chi connectivity index (χ4v) is 2.88. The summed E-state index contributed by atoms with van der Waals surface area (Å²) in [7, 11) is 0. The fourth-order valence-electron chi connectivity index (χ4n) is 2.88. The Morgan fingerprint density at radius 3 is 2.40 bits per heavy atom. The molecule has 1 aliphatic rings. The number of carboxylic acids is 1. The van der Waals surface area contributed by atoms with E-state index in [0.717, 1.165) is 58.2 Å². The molecule has 4 nitrogen and oxygen atoms in total. The van der Waals surface area contributed by atoms with Crippen LogP contribution in [0.25, 0.3) is 0 Å². The lowest BCUT2D eigenvalue weighted by Crippen LogP contribution is -2.44. The molecular weight excluding hydrogens is 252 g/mol. The Balaban J connectivity index is 2.27. The van der Waals surface area contributed by atoms with Crippen LogP contribution >= 0.6 is 0 Å². The van der Waals surface area contributed by atoms with Gasteiger partial charge in [0.2, 0.25) is 0 Å². The van der Waals surface area contributed by atoms with Crippen LogP contribution in [0.4, 0.5) is 0 Å². The lowest BCUT2D eigenvalue weighted by Gasteiger charge is -2.38. The first-order valence-corrected chi connectivity index (χ1v) is 7.72. The van der Waals surface area contributed by atoms with Gasteiger partial charge in [-0.25, -0.2) is 0 Å². The van der Waals surface area contributed by atoms with Crippen molar-refractivity contribution in [3.63, 3.8) is 0 Å². The highest BCUT2D eigenvalue weighted by Crippen LogP contribution is 2.35. The molecule has 0 radical (unpaired) electrons. The third-order valence-electron chi connectivity index (χ3n) is 4.77. The van der Waals surface area contributed by atoms with Gasteiger partial charge in [-0.1, -0.05) is 13.3 Å². The van der Waals surface area contributed by atoms with Crippen LogP contribution in [-0.2, 0) is 4.79 Å². The minimum atomic E-state index is -0.629. The van der Waals surface area contributed by atoms with E-state index >= 15 is 0 Å². The molecule has 114 valence electrons. The lowest BCUT2D eigenvalue weighted by atomic mass is 9.76. The normalized spacial score (nSPS) is 19.5. The maximum Gasteiger partial charge on any atom is 0.309 e. The van der Waals surface area contributed by atoms with Gasteiger partial charge in [0.25, 0.3) is 0 Å². The zero-order chi connectivity index (χ0) is 15.2. The molecule has 20 heavy (non-hydrogen) atoms. The van der Waals surface area contributed by atoms with Crippen LogP contribution in [-0.4, -0.2) is 35.6 Å². The summed E-state index contributed by atoms with van der Waals surface area (Å²) in [5.74, 6) is -0.629. The Kier molecular flexibility index (Phi) is 6.01. The Bertz CT molecular complexity index is 363. The Morgan fingerprint density at radius 2 is 1.95 bits per heavy atom. The Labute approximate surface area is 122 Å². The molecule has 0 amide bonds. The monoisotopic (exact) mass is 280 g/mol. The first kappa shape index (κ1) is 17.0. The van der Waals surface area contributed by atoms with Crippen LogP contribution in [0.1, 0.15) is 59.3 Å². The minimum Gasteiger partial charge on any atom is -0.481 e. The molecule has 0 aromatic carbocycles. The van der Waals surface area contributed by atoms with Crippen LogP contribution in [0.5, 0.6) is 0 Å². The Hall–Kier alpha value is -1.08. The van der Waals surface area contributed by atoms with E-state index in [1.165, 1.54) is 0 Å². The van der Waals surface area contributed by atoms with Crippen LogP contribution in [0.3, 0.4) is 0 Å². The van der Waals surface area contributed by atoms with E-state index in [2.05, 4.69) is 11.0 Å². The highest BCUT2D eigenvalue weighted by atomic mass is 16.4. The summed E-state index contributed by atoms with van der Waals surface area (Å²) in [5.41, 5.74) is -0.706. The summed E-state index contributed by atoms with van der Waals surface area (Å²) in [4.78, 5) is 13.7. The second-order valence-corrected chi connectivity index (χ2v) is 6.73. The van der Waals surface area contributed by atoms with Crippen LogP contribution < -0.4 is 0 Å². The summed E-state index contributed by atoms with van der Waals surface area (Å²) in [6, 6.07) is 2.33. The van der Waals surface area contributed by atoms with Gasteiger partial charge >= 0.3 is 5.97 Å². The highest BCUT2D eigenvalue weighted by molar-refractivity contribution is 5.74. The maximum absolute atomic E-state index is 11.4. The molecule has 0 unspecified atom stereocenters. The predicted molar refractivity (Wildman–Crippen MR) is 79.3 cm³/mol. The molecule has 1 saturated heterocycles. The average Bonchev–Trinajstić information content (AvgIpc) is 2.44. The Morgan fingerprint density at radius 1 is 1.35 bits per heavy atom.